The fourth-order valence-corrected chi connectivity index (χ4v) is 3.22. The van der Waals surface area contributed by atoms with Crippen molar-refractivity contribution in [3.63, 3.8) is 0 Å². The molecule has 1 fully saturated rings. The Labute approximate surface area is 134 Å². The van der Waals surface area contributed by atoms with Crippen molar-refractivity contribution < 1.29 is 0 Å². The number of hydrogen-bond acceptors (Lipinski definition) is 1. The molecule has 0 saturated carbocycles. The maximum atomic E-state index is 2.63. The zero-order valence-electron chi connectivity index (χ0n) is 13.2. The van der Waals surface area contributed by atoms with Crippen LogP contribution in [0.3, 0.4) is 0 Å². The third-order valence-electron chi connectivity index (χ3n) is 4.45. The summed E-state index contributed by atoms with van der Waals surface area (Å²) in [6, 6.07) is 22.2. The quantitative estimate of drug-likeness (QED) is 0.712. The number of allylic oxidation sites excluding steroid dienone is 1. The summed E-state index contributed by atoms with van der Waals surface area (Å²) < 4.78 is 0. The van der Waals surface area contributed by atoms with E-state index in [1.807, 2.05) is 0 Å². The molecule has 0 radical (unpaired) electrons. The van der Waals surface area contributed by atoms with E-state index in [4.69, 9.17) is 0 Å². The van der Waals surface area contributed by atoms with Gasteiger partial charge in [-0.25, -0.2) is 0 Å². The minimum absolute atomic E-state index is 0.595. The smallest absolute Gasteiger partial charge is 0.0281 e. The van der Waals surface area contributed by atoms with Gasteiger partial charge in [-0.1, -0.05) is 79.2 Å². The third kappa shape index (κ3) is 4.32. The van der Waals surface area contributed by atoms with Gasteiger partial charge in [-0.15, -0.1) is 0 Å². The molecule has 114 valence electrons. The summed E-state index contributed by atoms with van der Waals surface area (Å²) in [5.74, 6) is 0. The predicted molar refractivity (Wildman–Crippen MR) is 93.8 cm³/mol. The molecule has 0 aliphatic carbocycles. The van der Waals surface area contributed by atoms with Crippen LogP contribution in [0, 0.1) is 0 Å². The van der Waals surface area contributed by atoms with Crippen LogP contribution >= 0.6 is 0 Å². The number of nitrogens with zero attached hydrogens (tertiary/aromatic N) is 1. The summed E-state index contributed by atoms with van der Waals surface area (Å²) >= 11 is 0. The van der Waals surface area contributed by atoms with Crippen molar-refractivity contribution in [2.75, 3.05) is 6.54 Å². The topological polar surface area (TPSA) is 3.24 Å². The van der Waals surface area contributed by atoms with E-state index in [2.05, 4.69) is 77.7 Å². The average Bonchev–Trinajstić information content (AvgIpc) is 2.58. The highest BCUT2D eigenvalue weighted by atomic mass is 15.2. The molecule has 1 nitrogen and oxygen atoms in total. The van der Waals surface area contributed by atoms with Crippen molar-refractivity contribution in [1.82, 2.24) is 4.90 Å². The number of rotatable bonds is 5. The van der Waals surface area contributed by atoms with Crippen molar-refractivity contribution >= 4 is 0 Å². The molecule has 22 heavy (non-hydrogen) atoms. The lowest BCUT2D eigenvalue weighted by Crippen LogP contribution is -2.37. The summed E-state index contributed by atoms with van der Waals surface area (Å²) in [5, 5.41) is 0. The molecule has 0 N–H and O–H groups in total. The van der Waals surface area contributed by atoms with Crippen molar-refractivity contribution in [2.24, 2.45) is 0 Å². The van der Waals surface area contributed by atoms with Crippen molar-refractivity contribution in [1.29, 1.82) is 0 Å². The van der Waals surface area contributed by atoms with Crippen LogP contribution in [0.4, 0.5) is 0 Å². The van der Waals surface area contributed by atoms with E-state index in [1.165, 1.54) is 36.9 Å². The molecule has 0 amide bonds. The van der Waals surface area contributed by atoms with Gasteiger partial charge in [0.15, 0.2) is 0 Å². The van der Waals surface area contributed by atoms with Crippen molar-refractivity contribution in [3.8, 4) is 0 Å². The molecule has 2 aromatic rings. The van der Waals surface area contributed by atoms with Crippen LogP contribution in [0.15, 0.2) is 72.8 Å². The Morgan fingerprint density at radius 1 is 0.864 bits per heavy atom. The molecule has 1 saturated heterocycles. The van der Waals surface area contributed by atoms with E-state index in [9.17, 15) is 0 Å². The number of benzene rings is 2. The lowest BCUT2D eigenvalue weighted by molar-refractivity contribution is 0.171. The van der Waals surface area contributed by atoms with Crippen LogP contribution in [0.1, 0.15) is 30.4 Å². The first kappa shape index (κ1) is 15.1. The Kier molecular flexibility index (Phi) is 5.44. The summed E-state index contributed by atoms with van der Waals surface area (Å²) in [4.78, 5) is 2.63. The van der Waals surface area contributed by atoms with Crippen LogP contribution in [0.2, 0.25) is 0 Å². The van der Waals surface area contributed by atoms with Crippen LogP contribution in [-0.2, 0) is 13.0 Å². The molecule has 2 aromatic carbocycles. The first-order chi connectivity index (χ1) is 10.9. The van der Waals surface area contributed by atoms with Gasteiger partial charge in [-0.3, -0.25) is 4.90 Å². The van der Waals surface area contributed by atoms with Gasteiger partial charge in [0.25, 0.3) is 0 Å². The molecule has 1 atom stereocenters. The molecule has 1 aliphatic rings. The summed E-state index contributed by atoms with van der Waals surface area (Å²) in [6.07, 6.45) is 9.79. The molecular weight excluding hydrogens is 266 g/mol. The second-order valence-electron chi connectivity index (χ2n) is 6.14. The van der Waals surface area contributed by atoms with E-state index in [0.29, 0.717) is 6.04 Å². The monoisotopic (exact) mass is 291 g/mol. The standard InChI is InChI=1S/C21H25N/c1-3-10-19(11-4-1)14-9-16-21-15-7-8-17-22(21)18-20-12-5-2-6-13-20/h1-6,9-13,16,21H,7-8,14-15,17-18H2/b16-9+. The van der Waals surface area contributed by atoms with Crippen molar-refractivity contribution in [2.45, 2.75) is 38.3 Å². The molecule has 0 bridgehead atoms. The Morgan fingerprint density at radius 3 is 2.27 bits per heavy atom. The lowest BCUT2D eigenvalue weighted by atomic mass is 10.00. The van der Waals surface area contributed by atoms with Gasteiger partial charge in [-0.2, -0.15) is 0 Å². The first-order valence-electron chi connectivity index (χ1n) is 8.40. The molecule has 3 rings (SSSR count). The molecule has 1 unspecified atom stereocenters. The average molecular weight is 291 g/mol. The van der Waals surface area contributed by atoms with Crippen molar-refractivity contribution in [3.05, 3.63) is 83.9 Å². The number of hydrogen-bond donors (Lipinski definition) is 0. The Morgan fingerprint density at radius 2 is 1.55 bits per heavy atom. The fourth-order valence-electron chi connectivity index (χ4n) is 3.22. The zero-order chi connectivity index (χ0) is 15.0. The van der Waals surface area contributed by atoms with E-state index >= 15 is 0 Å². The Hall–Kier alpha value is -1.86. The summed E-state index contributed by atoms with van der Waals surface area (Å²) in [5.41, 5.74) is 2.81. The Bertz CT molecular complexity index is 573. The second-order valence-corrected chi connectivity index (χ2v) is 6.14. The molecular formula is C21H25N. The van der Waals surface area contributed by atoms with Gasteiger partial charge in [0.2, 0.25) is 0 Å². The predicted octanol–water partition coefficient (Wildman–Crippen LogP) is 4.84. The van der Waals surface area contributed by atoms with Gasteiger partial charge in [0.05, 0.1) is 0 Å². The van der Waals surface area contributed by atoms with Crippen LogP contribution in [-0.4, -0.2) is 17.5 Å². The van der Waals surface area contributed by atoms with E-state index in [1.54, 1.807) is 0 Å². The minimum Gasteiger partial charge on any atom is -0.293 e. The maximum absolute atomic E-state index is 2.63. The molecule has 1 heteroatoms. The molecule has 1 heterocycles. The fraction of sp³-hybridized carbons (Fsp3) is 0.333. The first-order valence-corrected chi connectivity index (χ1v) is 8.40. The number of piperidine rings is 1. The summed E-state index contributed by atoms with van der Waals surface area (Å²) in [7, 11) is 0. The summed E-state index contributed by atoms with van der Waals surface area (Å²) in [6.45, 7) is 2.29. The van der Waals surface area contributed by atoms with Gasteiger partial charge in [0.1, 0.15) is 0 Å². The SMILES string of the molecule is C(=C\C1CCCCN1Cc1ccccc1)/Cc1ccccc1. The van der Waals surface area contributed by atoms with Gasteiger partial charge in [-0.05, 0) is 36.9 Å². The largest absolute Gasteiger partial charge is 0.293 e. The van der Waals surface area contributed by atoms with Gasteiger partial charge < -0.3 is 0 Å². The highest BCUT2D eigenvalue weighted by Gasteiger charge is 2.19. The molecule has 1 aliphatic heterocycles. The van der Waals surface area contributed by atoms with E-state index < -0.39 is 0 Å². The third-order valence-corrected chi connectivity index (χ3v) is 4.45. The number of likely N-dealkylation sites (tertiary alicyclic amines) is 1. The highest BCUT2D eigenvalue weighted by molar-refractivity contribution is 5.18. The highest BCUT2D eigenvalue weighted by Crippen LogP contribution is 2.20. The van der Waals surface area contributed by atoms with Crippen LogP contribution in [0.5, 0.6) is 0 Å². The lowest BCUT2D eigenvalue weighted by Gasteiger charge is -2.34. The van der Waals surface area contributed by atoms with Gasteiger partial charge in [0, 0.05) is 12.6 Å². The maximum Gasteiger partial charge on any atom is 0.0281 e. The van der Waals surface area contributed by atoms with Crippen LogP contribution < -0.4 is 0 Å². The van der Waals surface area contributed by atoms with Crippen LogP contribution in [0.25, 0.3) is 0 Å². The molecule has 0 spiro atoms. The minimum atomic E-state index is 0.595. The van der Waals surface area contributed by atoms with Gasteiger partial charge >= 0.3 is 0 Å². The normalized spacial score (nSPS) is 19.5. The molecule has 0 aromatic heterocycles. The Balaban J connectivity index is 1.60. The van der Waals surface area contributed by atoms with E-state index in [0.717, 1.165) is 13.0 Å². The second kappa shape index (κ2) is 7.95. The zero-order valence-corrected chi connectivity index (χ0v) is 13.2. The van der Waals surface area contributed by atoms with E-state index in [-0.39, 0.29) is 0 Å².